The Hall–Kier alpha value is -1.71. The summed E-state index contributed by atoms with van der Waals surface area (Å²) in [6, 6.07) is 5.93. The molecule has 0 spiro atoms. The van der Waals surface area contributed by atoms with Crippen LogP contribution in [0.3, 0.4) is 0 Å². The molecule has 0 radical (unpaired) electrons. The number of rotatable bonds is 7. The van der Waals surface area contributed by atoms with Crippen LogP contribution in [-0.2, 0) is 11.2 Å². The minimum absolute atomic E-state index is 0.579. The summed E-state index contributed by atoms with van der Waals surface area (Å²) in [5, 5.41) is 12.3. The van der Waals surface area contributed by atoms with Crippen LogP contribution in [0.1, 0.15) is 32.8 Å². The van der Waals surface area contributed by atoms with E-state index in [1.54, 1.807) is 21.0 Å². The van der Waals surface area contributed by atoms with Gasteiger partial charge in [-0.05, 0) is 50.5 Å². The van der Waals surface area contributed by atoms with Gasteiger partial charge in [0.05, 0.1) is 12.5 Å². The zero-order chi connectivity index (χ0) is 14.5. The van der Waals surface area contributed by atoms with Gasteiger partial charge in [-0.25, -0.2) is 0 Å². The predicted molar refractivity (Wildman–Crippen MR) is 76.9 cm³/mol. The van der Waals surface area contributed by atoms with Gasteiger partial charge >= 0.3 is 5.97 Å². The van der Waals surface area contributed by atoms with E-state index in [9.17, 15) is 4.79 Å². The van der Waals surface area contributed by atoms with Crippen molar-refractivity contribution in [3.63, 3.8) is 0 Å². The summed E-state index contributed by atoms with van der Waals surface area (Å²) in [7, 11) is 1.66. The minimum Gasteiger partial charge on any atom is -0.496 e. The number of hydrogen-bond donors (Lipinski definition) is 2. The topological polar surface area (TPSA) is 58.6 Å². The number of ether oxygens (including phenoxy) is 1. The third-order valence-electron chi connectivity index (χ3n) is 3.32. The van der Waals surface area contributed by atoms with Gasteiger partial charge in [0.1, 0.15) is 5.75 Å². The van der Waals surface area contributed by atoms with Crippen molar-refractivity contribution in [2.75, 3.05) is 19.0 Å². The molecule has 106 valence electrons. The molecule has 0 bridgehead atoms. The maximum atomic E-state index is 11.0. The van der Waals surface area contributed by atoms with Gasteiger partial charge in [-0.1, -0.05) is 6.92 Å². The fraction of sp³-hybridized carbons (Fsp3) is 0.533. The molecule has 0 saturated heterocycles. The van der Waals surface area contributed by atoms with E-state index in [1.165, 1.54) is 0 Å². The number of aryl methyl sites for hydroxylation is 1. The van der Waals surface area contributed by atoms with Crippen molar-refractivity contribution in [3.8, 4) is 5.75 Å². The molecule has 4 heteroatoms. The lowest BCUT2D eigenvalue weighted by Gasteiger charge is -2.19. The van der Waals surface area contributed by atoms with Gasteiger partial charge in [0.25, 0.3) is 0 Å². The summed E-state index contributed by atoms with van der Waals surface area (Å²) in [5.41, 5.74) is 1.44. The average molecular weight is 265 g/mol. The molecule has 1 aromatic carbocycles. The van der Waals surface area contributed by atoms with Crippen molar-refractivity contribution in [1.29, 1.82) is 0 Å². The fourth-order valence-electron chi connectivity index (χ4n) is 1.79. The van der Waals surface area contributed by atoms with Crippen molar-refractivity contribution in [2.24, 2.45) is 5.41 Å². The zero-order valence-electron chi connectivity index (χ0n) is 12.1. The third-order valence-corrected chi connectivity index (χ3v) is 3.32. The number of anilines is 1. The van der Waals surface area contributed by atoms with Crippen LogP contribution in [0, 0.1) is 5.41 Å². The van der Waals surface area contributed by atoms with Crippen molar-refractivity contribution >= 4 is 11.7 Å². The monoisotopic (exact) mass is 265 g/mol. The van der Waals surface area contributed by atoms with E-state index in [1.807, 2.05) is 18.2 Å². The highest BCUT2D eigenvalue weighted by atomic mass is 16.5. The Balaban J connectivity index is 2.61. The number of methoxy groups -OCH3 is 1. The molecule has 19 heavy (non-hydrogen) atoms. The second-order valence-electron chi connectivity index (χ2n) is 5.25. The second-order valence-corrected chi connectivity index (χ2v) is 5.25. The second kappa shape index (κ2) is 6.45. The first-order valence-corrected chi connectivity index (χ1v) is 6.55. The number of benzene rings is 1. The first-order chi connectivity index (χ1) is 8.90. The minimum atomic E-state index is -0.765. The lowest BCUT2D eigenvalue weighted by Crippen LogP contribution is -2.26. The van der Waals surface area contributed by atoms with Crippen LogP contribution in [0.25, 0.3) is 0 Å². The first-order valence-electron chi connectivity index (χ1n) is 6.55. The van der Waals surface area contributed by atoms with Crippen LogP contribution in [0.2, 0.25) is 0 Å². The molecule has 1 rings (SSSR count). The molecule has 0 aliphatic heterocycles. The summed E-state index contributed by atoms with van der Waals surface area (Å²) >= 11 is 0. The Labute approximate surface area is 114 Å². The molecule has 0 saturated carbocycles. The smallest absolute Gasteiger partial charge is 0.309 e. The molecule has 0 aromatic heterocycles. The van der Waals surface area contributed by atoms with E-state index in [0.717, 1.165) is 23.4 Å². The normalized spacial score (nSPS) is 11.2. The number of carboxylic acids is 1. The van der Waals surface area contributed by atoms with Crippen LogP contribution in [-0.4, -0.2) is 24.7 Å². The van der Waals surface area contributed by atoms with E-state index in [4.69, 9.17) is 9.84 Å². The number of carbonyl (C=O) groups is 1. The highest BCUT2D eigenvalue weighted by molar-refractivity contribution is 5.73. The number of hydrogen-bond acceptors (Lipinski definition) is 3. The van der Waals surface area contributed by atoms with Gasteiger partial charge in [0, 0.05) is 12.2 Å². The molecule has 0 amide bonds. The van der Waals surface area contributed by atoms with Crippen LogP contribution >= 0.6 is 0 Å². The van der Waals surface area contributed by atoms with Gasteiger partial charge < -0.3 is 15.2 Å². The lowest BCUT2D eigenvalue weighted by atomic mass is 9.89. The summed E-state index contributed by atoms with van der Waals surface area (Å²) in [6.45, 7) is 6.19. The Morgan fingerprint density at radius 2 is 2.11 bits per heavy atom. The van der Waals surface area contributed by atoms with E-state index in [-0.39, 0.29) is 0 Å². The highest BCUT2D eigenvalue weighted by Gasteiger charge is 2.26. The SMILES string of the molecule is CCc1cc(NCCC(C)(C)C(=O)O)ccc1OC. The highest BCUT2D eigenvalue weighted by Crippen LogP contribution is 2.24. The molecular weight excluding hydrogens is 242 g/mol. The Morgan fingerprint density at radius 3 is 2.63 bits per heavy atom. The quantitative estimate of drug-likeness (QED) is 0.795. The molecule has 0 aliphatic carbocycles. The molecule has 0 unspecified atom stereocenters. The number of aliphatic carboxylic acids is 1. The van der Waals surface area contributed by atoms with E-state index >= 15 is 0 Å². The molecule has 0 fully saturated rings. The van der Waals surface area contributed by atoms with E-state index in [2.05, 4.69) is 12.2 Å². The number of carboxylic acid groups (broad SMARTS) is 1. The molecule has 0 heterocycles. The zero-order valence-corrected chi connectivity index (χ0v) is 12.1. The van der Waals surface area contributed by atoms with Crippen LogP contribution in [0.5, 0.6) is 5.75 Å². The van der Waals surface area contributed by atoms with Crippen molar-refractivity contribution in [3.05, 3.63) is 23.8 Å². The molecule has 0 atom stereocenters. The van der Waals surface area contributed by atoms with Gasteiger partial charge in [0.2, 0.25) is 0 Å². The van der Waals surface area contributed by atoms with Crippen molar-refractivity contribution < 1.29 is 14.6 Å². The average Bonchev–Trinajstić information content (AvgIpc) is 2.38. The summed E-state index contributed by atoms with van der Waals surface area (Å²) < 4.78 is 5.28. The van der Waals surface area contributed by atoms with Crippen LogP contribution in [0.4, 0.5) is 5.69 Å². The Kier molecular flexibility index (Phi) is 5.21. The fourth-order valence-corrected chi connectivity index (χ4v) is 1.79. The largest absolute Gasteiger partial charge is 0.496 e. The van der Waals surface area contributed by atoms with E-state index in [0.29, 0.717) is 13.0 Å². The molecule has 2 N–H and O–H groups in total. The van der Waals surface area contributed by atoms with Crippen LogP contribution < -0.4 is 10.1 Å². The standard InChI is InChI=1S/C15H23NO3/c1-5-11-10-12(6-7-13(11)19-4)16-9-8-15(2,3)14(17)18/h6-7,10,16H,5,8-9H2,1-4H3,(H,17,18). The van der Waals surface area contributed by atoms with E-state index < -0.39 is 11.4 Å². The molecular formula is C15H23NO3. The summed E-state index contributed by atoms with van der Waals surface area (Å²) in [6.07, 6.45) is 1.48. The van der Waals surface area contributed by atoms with Crippen LogP contribution in [0.15, 0.2) is 18.2 Å². The summed E-state index contributed by atoms with van der Waals surface area (Å²) in [5.74, 6) is 0.122. The first kappa shape index (κ1) is 15.3. The molecule has 4 nitrogen and oxygen atoms in total. The maximum absolute atomic E-state index is 11.0. The Bertz CT molecular complexity index is 441. The molecule has 1 aromatic rings. The van der Waals surface area contributed by atoms with Gasteiger partial charge in [0.15, 0.2) is 0 Å². The maximum Gasteiger partial charge on any atom is 0.309 e. The molecule has 0 aliphatic rings. The lowest BCUT2D eigenvalue weighted by molar-refractivity contribution is -0.147. The Morgan fingerprint density at radius 1 is 1.42 bits per heavy atom. The van der Waals surface area contributed by atoms with Gasteiger partial charge in [-0.2, -0.15) is 0 Å². The van der Waals surface area contributed by atoms with Crippen molar-refractivity contribution in [1.82, 2.24) is 0 Å². The third kappa shape index (κ3) is 4.16. The predicted octanol–water partition coefficient (Wildman–Crippen LogP) is 3.17. The van der Waals surface area contributed by atoms with Gasteiger partial charge in [-0.3, -0.25) is 4.79 Å². The number of nitrogens with one attached hydrogen (secondary N) is 1. The van der Waals surface area contributed by atoms with Crippen molar-refractivity contribution in [2.45, 2.75) is 33.6 Å². The summed E-state index contributed by atoms with van der Waals surface area (Å²) in [4.78, 5) is 11.0. The van der Waals surface area contributed by atoms with Gasteiger partial charge in [-0.15, -0.1) is 0 Å².